The van der Waals surface area contributed by atoms with Crippen molar-refractivity contribution in [1.29, 1.82) is 0 Å². The van der Waals surface area contributed by atoms with Gasteiger partial charge in [0.25, 0.3) is 0 Å². The third-order valence-electron chi connectivity index (χ3n) is 3.73. The van der Waals surface area contributed by atoms with Crippen molar-refractivity contribution in [3.63, 3.8) is 0 Å². The molecule has 0 amide bonds. The van der Waals surface area contributed by atoms with E-state index in [0.29, 0.717) is 18.8 Å². The summed E-state index contributed by atoms with van der Waals surface area (Å²) in [5, 5.41) is 20.6. The maximum Gasteiger partial charge on any atom is 0.0653 e. The Hall–Kier alpha value is -0.830. The highest BCUT2D eigenvalue weighted by Crippen LogP contribution is 2.22. The summed E-state index contributed by atoms with van der Waals surface area (Å²) < 4.78 is 0. The molecule has 3 atom stereocenters. The first-order chi connectivity index (χ1) is 8.78. The Kier molecular flexibility index (Phi) is 8.73. The van der Waals surface area contributed by atoms with Gasteiger partial charge in [-0.1, -0.05) is 45.6 Å². The second kappa shape index (κ2) is 9.13. The van der Waals surface area contributed by atoms with Crippen LogP contribution in [0.25, 0.3) is 0 Å². The molecule has 0 fully saturated rings. The van der Waals surface area contributed by atoms with Gasteiger partial charge in [0.05, 0.1) is 5.60 Å². The Labute approximate surface area is 117 Å². The normalized spacial score (nSPS) is 17.5. The molecule has 1 N–H and O–H groups in total. The van der Waals surface area contributed by atoms with E-state index in [4.69, 9.17) is 0 Å². The molecule has 0 radical (unpaired) electrons. The molecule has 0 heterocycles. The summed E-state index contributed by atoms with van der Waals surface area (Å²) in [6, 6.07) is 0. The van der Waals surface area contributed by atoms with Crippen LogP contribution in [-0.4, -0.2) is 16.7 Å². The fourth-order valence-electron chi connectivity index (χ4n) is 2.28. The predicted molar refractivity (Wildman–Crippen MR) is 76.5 cm³/mol. The van der Waals surface area contributed by atoms with Crippen LogP contribution in [0.15, 0.2) is 12.7 Å². The molecule has 0 aliphatic carbocycles. The van der Waals surface area contributed by atoms with Gasteiger partial charge in [-0.25, -0.2) is 0 Å². The number of aliphatic hydroxyl groups is 1. The van der Waals surface area contributed by atoms with Crippen molar-refractivity contribution in [2.45, 2.75) is 71.3 Å². The zero-order valence-electron chi connectivity index (χ0n) is 12.7. The highest BCUT2D eigenvalue weighted by atomic mass is 16.4. The number of carbonyl (C=O) groups excluding carboxylic acids is 1. The molecule has 3 nitrogen and oxygen atoms in total. The first-order valence-corrected chi connectivity index (χ1v) is 7.32. The minimum absolute atomic E-state index is 0.347. The zero-order chi connectivity index (χ0) is 14.9. The maximum atomic E-state index is 10.6. The van der Waals surface area contributed by atoms with E-state index in [9.17, 15) is 15.0 Å². The lowest BCUT2D eigenvalue weighted by molar-refractivity contribution is -0.311. The molecule has 112 valence electrons. The van der Waals surface area contributed by atoms with Gasteiger partial charge in [-0.3, -0.25) is 0 Å². The fourth-order valence-corrected chi connectivity index (χ4v) is 2.28. The summed E-state index contributed by atoms with van der Waals surface area (Å²) in [5.74, 6) is -0.720. The number of carboxylic acid groups (broad SMARTS) is 1. The van der Waals surface area contributed by atoms with Gasteiger partial charge in [0.15, 0.2) is 0 Å². The average molecular weight is 269 g/mol. The molecule has 0 bridgehead atoms. The Balaban J connectivity index is 3.67. The number of aliphatic carboxylic acids is 1. The Morgan fingerprint density at radius 3 is 2.42 bits per heavy atom. The molecule has 0 saturated carbocycles. The number of carboxylic acids is 1. The maximum absolute atomic E-state index is 10.6. The molecule has 0 aromatic rings. The van der Waals surface area contributed by atoms with Crippen LogP contribution < -0.4 is 5.11 Å². The summed E-state index contributed by atoms with van der Waals surface area (Å²) >= 11 is 0. The highest BCUT2D eigenvalue weighted by molar-refractivity contribution is 5.66. The molecule has 0 aromatic heterocycles. The van der Waals surface area contributed by atoms with E-state index < -0.39 is 11.6 Å². The smallest absolute Gasteiger partial charge is 0.0653 e. The van der Waals surface area contributed by atoms with E-state index in [1.54, 1.807) is 13.0 Å². The third kappa shape index (κ3) is 9.71. The number of hydrogen-bond donors (Lipinski definition) is 1. The SMILES string of the molecule is C=CCC(C)(O)CCCC(C)CCCC(C)C(=O)[O-]. The highest BCUT2D eigenvalue weighted by Gasteiger charge is 2.18. The van der Waals surface area contributed by atoms with E-state index in [1.807, 2.05) is 6.92 Å². The van der Waals surface area contributed by atoms with Crippen LogP contribution in [0.4, 0.5) is 0 Å². The van der Waals surface area contributed by atoms with E-state index in [0.717, 1.165) is 32.1 Å². The minimum atomic E-state index is -0.951. The van der Waals surface area contributed by atoms with Crippen molar-refractivity contribution in [3.8, 4) is 0 Å². The van der Waals surface area contributed by atoms with Gasteiger partial charge in [-0.15, -0.1) is 6.58 Å². The summed E-state index contributed by atoms with van der Waals surface area (Å²) in [6.07, 6.45) is 7.92. The Bertz CT molecular complexity index is 271. The summed E-state index contributed by atoms with van der Waals surface area (Å²) in [6.45, 7) is 9.38. The molecule has 0 saturated heterocycles. The average Bonchev–Trinajstić information content (AvgIpc) is 2.28. The molecule has 0 spiro atoms. The van der Waals surface area contributed by atoms with Crippen molar-refractivity contribution >= 4 is 5.97 Å². The van der Waals surface area contributed by atoms with Gasteiger partial charge < -0.3 is 15.0 Å². The molecule has 3 heteroatoms. The minimum Gasteiger partial charge on any atom is -0.550 e. The van der Waals surface area contributed by atoms with Gasteiger partial charge in [0.1, 0.15) is 0 Å². The van der Waals surface area contributed by atoms with Gasteiger partial charge >= 0.3 is 0 Å². The largest absolute Gasteiger partial charge is 0.550 e. The van der Waals surface area contributed by atoms with Crippen LogP contribution in [0, 0.1) is 11.8 Å². The molecule has 0 aromatic carbocycles. The van der Waals surface area contributed by atoms with E-state index in [1.165, 1.54) is 0 Å². The molecular formula is C16H29O3-. The lowest BCUT2D eigenvalue weighted by Crippen LogP contribution is -2.29. The van der Waals surface area contributed by atoms with Crippen molar-refractivity contribution in [2.75, 3.05) is 0 Å². The van der Waals surface area contributed by atoms with Crippen molar-refractivity contribution in [3.05, 3.63) is 12.7 Å². The Morgan fingerprint density at radius 1 is 1.32 bits per heavy atom. The second-order valence-electron chi connectivity index (χ2n) is 6.14. The Morgan fingerprint density at radius 2 is 1.89 bits per heavy atom. The van der Waals surface area contributed by atoms with Crippen LogP contribution in [0.1, 0.15) is 65.7 Å². The number of rotatable bonds is 11. The lowest BCUT2D eigenvalue weighted by Gasteiger charge is -2.22. The van der Waals surface area contributed by atoms with Crippen LogP contribution in [-0.2, 0) is 4.79 Å². The van der Waals surface area contributed by atoms with Crippen LogP contribution >= 0.6 is 0 Å². The third-order valence-corrected chi connectivity index (χ3v) is 3.73. The molecule has 0 aliphatic rings. The van der Waals surface area contributed by atoms with Gasteiger partial charge in [-0.05, 0) is 38.0 Å². The van der Waals surface area contributed by atoms with Gasteiger partial charge in [0.2, 0.25) is 0 Å². The molecular weight excluding hydrogens is 240 g/mol. The summed E-state index contributed by atoms with van der Waals surface area (Å²) in [5.41, 5.74) is -0.634. The van der Waals surface area contributed by atoms with E-state index in [2.05, 4.69) is 13.5 Å². The standard InChI is InChI=1S/C16H30O3/c1-5-11-16(4,19)12-7-9-13(2)8-6-10-14(3)15(17)18/h5,13-14,19H,1,6-12H2,2-4H3,(H,17,18)/p-1. The van der Waals surface area contributed by atoms with Crippen molar-refractivity contribution in [1.82, 2.24) is 0 Å². The van der Waals surface area contributed by atoms with Gasteiger partial charge in [0, 0.05) is 5.97 Å². The summed E-state index contributed by atoms with van der Waals surface area (Å²) in [7, 11) is 0. The molecule has 0 rings (SSSR count). The molecule has 19 heavy (non-hydrogen) atoms. The quantitative estimate of drug-likeness (QED) is 0.587. The topological polar surface area (TPSA) is 60.4 Å². The fraction of sp³-hybridized carbons (Fsp3) is 0.812. The monoisotopic (exact) mass is 269 g/mol. The van der Waals surface area contributed by atoms with Gasteiger partial charge in [-0.2, -0.15) is 0 Å². The first kappa shape index (κ1) is 18.2. The van der Waals surface area contributed by atoms with Crippen LogP contribution in [0.2, 0.25) is 0 Å². The predicted octanol–water partition coefficient (Wildman–Crippen LogP) is 2.68. The second-order valence-corrected chi connectivity index (χ2v) is 6.14. The van der Waals surface area contributed by atoms with Crippen LogP contribution in [0.5, 0.6) is 0 Å². The van der Waals surface area contributed by atoms with Crippen LogP contribution in [0.3, 0.4) is 0 Å². The lowest BCUT2D eigenvalue weighted by atomic mass is 9.90. The van der Waals surface area contributed by atoms with E-state index in [-0.39, 0.29) is 5.92 Å². The van der Waals surface area contributed by atoms with E-state index >= 15 is 0 Å². The van der Waals surface area contributed by atoms with Crippen molar-refractivity contribution < 1.29 is 15.0 Å². The first-order valence-electron chi connectivity index (χ1n) is 7.32. The molecule has 3 unspecified atom stereocenters. The summed E-state index contributed by atoms with van der Waals surface area (Å²) in [4.78, 5) is 10.6. The zero-order valence-corrected chi connectivity index (χ0v) is 12.7. The molecule has 0 aliphatic heterocycles. The number of hydrogen-bond acceptors (Lipinski definition) is 3. The number of carbonyl (C=O) groups is 1. The van der Waals surface area contributed by atoms with Crippen molar-refractivity contribution in [2.24, 2.45) is 11.8 Å².